The van der Waals surface area contributed by atoms with E-state index in [2.05, 4.69) is 6.92 Å². The topological polar surface area (TPSA) is 66.9 Å². The van der Waals surface area contributed by atoms with Crippen LogP contribution in [0.1, 0.15) is 30.1 Å². The molecule has 1 aromatic rings. The first-order valence-electron chi connectivity index (χ1n) is 7.88. The predicted octanol–water partition coefficient (Wildman–Crippen LogP) is 2.09. The zero-order valence-corrected chi connectivity index (χ0v) is 14.6. The van der Waals surface area contributed by atoms with Crippen molar-refractivity contribution in [2.45, 2.75) is 19.8 Å². The van der Waals surface area contributed by atoms with Crippen LogP contribution in [0.4, 0.5) is 5.69 Å². The molecule has 0 saturated carbocycles. The largest absolute Gasteiger partial charge is 0.482 e. The number of benzene rings is 1. The van der Waals surface area contributed by atoms with E-state index in [1.807, 2.05) is 0 Å². The molecule has 0 aromatic heterocycles. The molecule has 0 spiro atoms. The molecule has 0 aliphatic carbocycles. The van der Waals surface area contributed by atoms with Crippen LogP contribution in [0, 0.1) is 0 Å². The third-order valence-corrected chi connectivity index (χ3v) is 4.15. The summed E-state index contributed by atoms with van der Waals surface area (Å²) in [4.78, 5) is 39.3. The van der Waals surface area contributed by atoms with Gasteiger partial charge in [-0.1, -0.05) is 13.3 Å². The Bertz CT molecular complexity index is 647. The monoisotopic (exact) mass is 352 g/mol. The standard InChI is InChI=1S/C17H21ClN2O4/c1-3-4-7-19(2)16(22)10-20-13-8-12(14(21)9-18)5-6-15(13)24-11-17(20)23/h5-6,8H,3-4,7,9-11H2,1-2H3. The third-order valence-electron chi connectivity index (χ3n) is 3.91. The lowest BCUT2D eigenvalue weighted by Crippen LogP contribution is -2.45. The van der Waals surface area contributed by atoms with E-state index < -0.39 is 0 Å². The number of fused-ring (bicyclic) bond motifs is 1. The minimum Gasteiger partial charge on any atom is -0.482 e. The van der Waals surface area contributed by atoms with E-state index in [1.165, 1.54) is 4.90 Å². The molecular weight excluding hydrogens is 332 g/mol. The molecule has 0 atom stereocenters. The molecule has 1 aromatic carbocycles. The molecule has 24 heavy (non-hydrogen) atoms. The number of hydrogen-bond acceptors (Lipinski definition) is 4. The van der Waals surface area contributed by atoms with Gasteiger partial charge in [0.15, 0.2) is 12.4 Å². The summed E-state index contributed by atoms with van der Waals surface area (Å²) >= 11 is 5.59. The third kappa shape index (κ3) is 4.06. The number of unbranched alkanes of at least 4 members (excludes halogenated alkanes) is 1. The lowest BCUT2D eigenvalue weighted by molar-refractivity contribution is -0.131. The van der Waals surface area contributed by atoms with Crippen LogP contribution in [-0.4, -0.2) is 55.1 Å². The van der Waals surface area contributed by atoms with Gasteiger partial charge >= 0.3 is 0 Å². The van der Waals surface area contributed by atoms with Crippen molar-refractivity contribution in [1.29, 1.82) is 0 Å². The SMILES string of the molecule is CCCCN(C)C(=O)CN1C(=O)COc2ccc(C(=O)CCl)cc21. The molecule has 1 aliphatic heterocycles. The Morgan fingerprint density at radius 1 is 1.38 bits per heavy atom. The molecular formula is C17H21ClN2O4. The maximum absolute atomic E-state index is 12.4. The van der Waals surface area contributed by atoms with Crippen molar-refractivity contribution >= 4 is 34.9 Å². The number of rotatable bonds is 7. The quantitative estimate of drug-likeness (QED) is 0.556. The number of hydrogen-bond donors (Lipinski definition) is 0. The second-order valence-electron chi connectivity index (χ2n) is 5.68. The summed E-state index contributed by atoms with van der Waals surface area (Å²) in [6.07, 6.45) is 1.89. The van der Waals surface area contributed by atoms with Gasteiger partial charge < -0.3 is 9.64 Å². The van der Waals surface area contributed by atoms with Crippen LogP contribution < -0.4 is 9.64 Å². The van der Waals surface area contributed by atoms with Crippen LogP contribution in [0.15, 0.2) is 18.2 Å². The van der Waals surface area contributed by atoms with Crippen molar-refractivity contribution in [2.24, 2.45) is 0 Å². The molecule has 0 fully saturated rings. The van der Waals surface area contributed by atoms with E-state index in [-0.39, 0.29) is 36.6 Å². The number of carbonyl (C=O) groups is 3. The van der Waals surface area contributed by atoms with E-state index in [0.29, 0.717) is 23.5 Å². The first-order valence-corrected chi connectivity index (χ1v) is 8.41. The Labute approximate surface area is 146 Å². The number of nitrogens with zero attached hydrogens (tertiary/aromatic N) is 2. The summed E-state index contributed by atoms with van der Waals surface area (Å²) in [6, 6.07) is 4.78. The first kappa shape index (κ1) is 18.3. The van der Waals surface area contributed by atoms with Gasteiger partial charge in [0.25, 0.3) is 5.91 Å². The lowest BCUT2D eigenvalue weighted by Gasteiger charge is -2.30. The average molecular weight is 353 g/mol. The zero-order valence-electron chi connectivity index (χ0n) is 13.9. The normalized spacial score (nSPS) is 13.3. The van der Waals surface area contributed by atoms with Crippen molar-refractivity contribution in [2.75, 3.05) is 37.5 Å². The highest BCUT2D eigenvalue weighted by atomic mass is 35.5. The smallest absolute Gasteiger partial charge is 0.265 e. The van der Waals surface area contributed by atoms with Gasteiger partial charge in [-0.15, -0.1) is 11.6 Å². The van der Waals surface area contributed by atoms with Crippen LogP contribution in [0.2, 0.25) is 0 Å². The molecule has 0 radical (unpaired) electrons. The van der Waals surface area contributed by atoms with E-state index in [4.69, 9.17) is 16.3 Å². The molecule has 0 bridgehead atoms. The van der Waals surface area contributed by atoms with E-state index >= 15 is 0 Å². The number of carbonyl (C=O) groups excluding carboxylic acids is 3. The Morgan fingerprint density at radius 3 is 2.79 bits per heavy atom. The Morgan fingerprint density at radius 2 is 2.12 bits per heavy atom. The molecule has 2 amide bonds. The number of halogens is 1. The van der Waals surface area contributed by atoms with Gasteiger partial charge in [-0.05, 0) is 24.6 Å². The van der Waals surface area contributed by atoms with Gasteiger partial charge in [0.2, 0.25) is 5.91 Å². The van der Waals surface area contributed by atoms with Gasteiger partial charge in [0.1, 0.15) is 12.3 Å². The summed E-state index contributed by atoms with van der Waals surface area (Å²) < 4.78 is 5.38. The van der Waals surface area contributed by atoms with Gasteiger partial charge in [-0.3, -0.25) is 19.3 Å². The van der Waals surface area contributed by atoms with Crippen molar-refractivity contribution in [3.05, 3.63) is 23.8 Å². The Kier molecular flexibility index (Phi) is 6.20. The summed E-state index contributed by atoms with van der Waals surface area (Å²) in [5, 5.41) is 0. The number of ether oxygens (including phenoxy) is 1. The van der Waals surface area contributed by atoms with E-state index in [0.717, 1.165) is 12.8 Å². The molecule has 1 aliphatic rings. The molecule has 0 unspecified atom stereocenters. The number of Topliss-reactive ketones (excluding diaryl/α,β-unsaturated/α-hetero) is 1. The van der Waals surface area contributed by atoms with Crippen LogP contribution in [0.25, 0.3) is 0 Å². The highest BCUT2D eigenvalue weighted by Gasteiger charge is 2.29. The molecule has 7 heteroatoms. The number of amides is 2. The van der Waals surface area contributed by atoms with Crippen molar-refractivity contribution in [3.8, 4) is 5.75 Å². The maximum atomic E-state index is 12.4. The van der Waals surface area contributed by atoms with Crippen LogP contribution in [-0.2, 0) is 9.59 Å². The van der Waals surface area contributed by atoms with Crippen LogP contribution in [0.3, 0.4) is 0 Å². The Hall–Kier alpha value is -2.08. The maximum Gasteiger partial charge on any atom is 0.265 e. The summed E-state index contributed by atoms with van der Waals surface area (Å²) in [6.45, 7) is 2.50. The van der Waals surface area contributed by atoms with Gasteiger partial charge in [-0.2, -0.15) is 0 Å². The predicted molar refractivity (Wildman–Crippen MR) is 91.9 cm³/mol. The van der Waals surface area contributed by atoms with E-state index in [1.54, 1.807) is 30.1 Å². The van der Waals surface area contributed by atoms with Gasteiger partial charge in [0.05, 0.1) is 11.6 Å². The zero-order chi connectivity index (χ0) is 17.7. The van der Waals surface area contributed by atoms with Crippen LogP contribution in [0.5, 0.6) is 5.75 Å². The van der Waals surface area contributed by atoms with E-state index in [9.17, 15) is 14.4 Å². The molecule has 2 rings (SSSR count). The molecule has 130 valence electrons. The molecule has 0 saturated heterocycles. The summed E-state index contributed by atoms with van der Waals surface area (Å²) in [5.41, 5.74) is 0.818. The van der Waals surface area contributed by atoms with Crippen LogP contribution >= 0.6 is 11.6 Å². The Balaban J connectivity index is 2.23. The highest BCUT2D eigenvalue weighted by Crippen LogP contribution is 2.33. The van der Waals surface area contributed by atoms with Crippen molar-refractivity contribution in [3.63, 3.8) is 0 Å². The molecule has 6 nitrogen and oxygen atoms in total. The van der Waals surface area contributed by atoms with Gasteiger partial charge in [0, 0.05) is 19.2 Å². The fraction of sp³-hybridized carbons (Fsp3) is 0.471. The van der Waals surface area contributed by atoms with Crippen molar-refractivity contribution in [1.82, 2.24) is 4.90 Å². The fourth-order valence-electron chi connectivity index (χ4n) is 2.40. The first-order chi connectivity index (χ1) is 11.5. The summed E-state index contributed by atoms with van der Waals surface area (Å²) in [7, 11) is 1.72. The van der Waals surface area contributed by atoms with Gasteiger partial charge in [-0.25, -0.2) is 0 Å². The minimum absolute atomic E-state index is 0.0755. The number of alkyl halides is 1. The molecule has 0 N–H and O–H groups in total. The minimum atomic E-state index is -0.310. The second-order valence-corrected chi connectivity index (χ2v) is 5.94. The number of ketones is 1. The second kappa shape index (κ2) is 8.15. The van der Waals surface area contributed by atoms with Crippen molar-refractivity contribution < 1.29 is 19.1 Å². The lowest BCUT2D eigenvalue weighted by atomic mass is 10.1. The summed E-state index contributed by atoms with van der Waals surface area (Å²) in [5.74, 6) is -0.380. The highest BCUT2D eigenvalue weighted by molar-refractivity contribution is 6.30. The molecule has 1 heterocycles. The number of likely N-dealkylation sites (N-methyl/N-ethyl adjacent to an activating group) is 1. The number of anilines is 1. The fourth-order valence-corrected chi connectivity index (χ4v) is 2.56. The average Bonchev–Trinajstić information content (AvgIpc) is 2.60.